The standard InChI is InChI=1S/C16H27NO5S/c1-23(19,20)10-15(18)17-7-5-14-16(11-17,6-2-8-22-14)12-21-9-13-3-4-13/h13-14H,2-12H2,1H3/t14-,16+/m0/s1. The highest BCUT2D eigenvalue weighted by molar-refractivity contribution is 7.91. The van der Waals surface area contributed by atoms with Crippen LogP contribution in [0.2, 0.25) is 0 Å². The molecule has 23 heavy (non-hydrogen) atoms. The Morgan fingerprint density at radius 2 is 2.13 bits per heavy atom. The number of sulfone groups is 1. The molecular weight excluding hydrogens is 318 g/mol. The Morgan fingerprint density at radius 3 is 2.83 bits per heavy atom. The van der Waals surface area contributed by atoms with Gasteiger partial charge in [0.05, 0.1) is 12.7 Å². The average molecular weight is 345 g/mol. The van der Waals surface area contributed by atoms with Crippen molar-refractivity contribution in [2.24, 2.45) is 11.3 Å². The number of amides is 1. The normalized spacial score (nSPS) is 31.7. The van der Waals surface area contributed by atoms with Crippen molar-refractivity contribution in [3.63, 3.8) is 0 Å². The van der Waals surface area contributed by atoms with Crippen LogP contribution in [0.1, 0.15) is 32.1 Å². The van der Waals surface area contributed by atoms with Gasteiger partial charge in [-0.15, -0.1) is 0 Å². The van der Waals surface area contributed by atoms with E-state index in [0.29, 0.717) is 25.6 Å². The minimum atomic E-state index is -3.30. The van der Waals surface area contributed by atoms with E-state index >= 15 is 0 Å². The lowest BCUT2D eigenvalue weighted by Crippen LogP contribution is -2.58. The maximum absolute atomic E-state index is 12.3. The van der Waals surface area contributed by atoms with Crippen molar-refractivity contribution in [1.82, 2.24) is 4.90 Å². The van der Waals surface area contributed by atoms with E-state index in [0.717, 1.165) is 38.7 Å². The van der Waals surface area contributed by atoms with Crippen LogP contribution in [-0.4, -0.2) is 70.2 Å². The molecule has 6 nitrogen and oxygen atoms in total. The molecule has 2 saturated heterocycles. The minimum Gasteiger partial charge on any atom is -0.380 e. The molecular formula is C16H27NO5S. The van der Waals surface area contributed by atoms with Crippen LogP contribution < -0.4 is 0 Å². The van der Waals surface area contributed by atoms with Gasteiger partial charge in [-0.2, -0.15) is 0 Å². The number of rotatable bonds is 6. The molecule has 0 aromatic carbocycles. The highest BCUT2D eigenvalue weighted by atomic mass is 32.2. The molecule has 0 aromatic heterocycles. The lowest BCUT2D eigenvalue weighted by Gasteiger charge is -2.50. The Bertz CT molecular complexity index is 545. The summed E-state index contributed by atoms with van der Waals surface area (Å²) in [6.45, 7) is 3.30. The molecule has 0 bridgehead atoms. The topological polar surface area (TPSA) is 72.9 Å². The molecule has 2 atom stereocenters. The lowest BCUT2D eigenvalue weighted by molar-refractivity contribution is -0.163. The van der Waals surface area contributed by atoms with Gasteiger partial charge < -0.3 is 14.4 Å². The SMILES string of the molecule is CS(=O)(=O)CC(=O)N1CC[C@@H]2OCCC[C@]2(COCC2CC2)C1. The first-order chi connectivity index (χ1) is 10.9. The molecule has 0 spiro atoms. The average Bonchev–Trinajstić information content (AvgIpc) is 3.29. The van der Waals surface area contributed by atoms with E-state index in [1.165, 1.54) is 12.8 Å². The Balaban J connectivity index is 1.65. The summed E-state index contributed by atoms with van der Waals surface area (Å²) in [5, 5.41) is 0. The van der Waals surface area contributed by atoms with Crippen LogP contribution in [0, 0.1) is 11.3 Å². The van der Waals surface area contributed by atoms with Crippen LogP contribution in [0.15, 0.2) is 0 Å². The smallest absolute Gasteiger partial charge is 0.237 e. The predicted molar refractivity (Wildman–Crippen MR) is 85.9 cm³/mol. The van der Waals surface area contributed by atoms with E-state index in [4.69, 9.17) is 9.47 Å². The quantitative estimate of drug-likeness (QED) is 0.714. The van der Waals surface area contributed by atoms with Gasteiger partial charge in [0.2, 0.25) is 5.91 Å². The summed E-state index contributed by atoms with van der Waals surface area (Å²) in [5.74, 6) is 0.0105. The van der Waals surface area contributed by atoms with Gasteiger partial charge in [0.1, 0.15) is 5.75 Å². The fourth-order valence-corrected chi connectivity index (χ4v) is 4.37. The number of likely N-dealkylation sites (tertiary alicyclic amines) is 1. The minimum absolute atomic E-state index is 0.123. The van der Waals surface area contributed by atoms with Crippen LogP contribution >= 0.6 is 0 Å². The molecule has 3 rings (SSSR count). The summed E-state index contributed by atoms with van der Waals surface area (Å²) < 4.78 is 34.7. The van der Waals surface area contributed by atoms with Gasteiger partial charge in [-0.05, 0) is 38.0 Å². The number of fused-ring (bicyclic) bond motifs is 1. The second kappa shape index (κ2) is 6.69. The molecule has 0 N–H and O–H groups in total. The zero-order valence-corrected chi connectivity index (χ0v) is 14.6. The predicted octanol–water partition coefficient (Wildman–Crippen LogP) is 0.855. The molecule has 0 aromatic rings. The highest BCUT2D eigenvalue weighted by Crippen LogP contribution is 2.41. The number of carbonyl (C=O) groups excluding carboxylic acids is 1. The molecule has 7 heteroatoms. The van der Waals surface area contributed by atoms with Crippen molar-refractivity contribution in [2.75, 3.05) is 44.9 Å². The van der Waals surface area contributed by atoms with Gasteiger partial charge in [0.15, 0.2) is 9.84 Å². The molecule has 3 fully saturated rings. The third kappa shape index (κ3) is 4.45. The molecule has 1 saturated carbocycles. The molecule has 2 aliphatic heterocycles. The van der Waals surface area contributed by atoms with Gasteiger partial charge in [-0.1, -0.05) is 0 Å². The van der Waals surface area contributed by atoms with Crippen molar-refractivity contribution < 1.29 is 22.7 Å². The lowest BCUT2D eigenvalue weighted by atomic mass is 9.73. The Kier molecular flexibility index (Phi) is 4.99. The number of piperidine rings is 1. The fourth-order valence-electron chi connectivity index (χ4n) is 3.74. The molecule has 0 unspecified atom stereocenters. The third-order valence-electron chi connectivity index (χ3n) is 5.17. The van der Waals surface area contributed by atoms with E-state index in [2.05, 4.69) is 0 Å². The molecule has 3 aliphatic rings. The first-order valence-corrected chi connectivity index (χ1v) is 10.6. The number of carbonyl (C=O) groups is 1. The molecule has 132 valence electrons. The van der Waals surface area contributed by atoms with Crippen LogP contribution in [0.3, 0.4) is 0 Å². The Hall–Kier alpha value is -0.660. The zero-order chi connectivity index (χ0) is 16.5. The maximum Gasteiger partial charge on any atom is 0.237 e. The second-order valence-corrected chi connectivity index (χ2v) is 9.60. The van der Waals surface area contributed by atoms with Crippen LogP contribution in [-0.2, 0) is 24.1 Å². The third-order valence-corrected chi connectivity index (χ3v) is 5.94. The first kappa shape index (κ1) is 17.2. The number of hydrogen-bond donors (Lipinski definition) is 0. The van der Waals surface area contributed by atoms with Crippen molar-refractivity contribution in [1.29, 1.82) is 0 Å². The summed E-state index contributed by atoms with van der Waals surface area (Å²) in [6, 6.07) is 0. The second-order valence-electron chi connectivity index (χ2n) is 7.46. The van der Waals surface area contributed by atoms with Crippen LogP contribution in [0.4, 0.5) is 0 Å². The fraction of sp³-hybridized carbons (Fsp3) is 0.938. The van der Waals surface area contributed by atoms with Gasteiger partial charge in [0.25, 0.3) is 0 Å². The molecule has 2 heterocycles. The molecule has 1 amide bonds. The summed E-state index contributed by atoms with van der Waals surface area (Å²) in [6.07, 6.45) is 6.45. The first-order valence-electron chi connectivity index (χ1n) is 8.53. The number of hydrogen-bond acceptors (Lipinski definition) is 5. The van der Waals surface area contributed by atoms with E-state index in [1.54, 1.807) is 4.90 Å². The molecule has 0 radical (unpaired) electrons. The zero-order valence-electron chi connectivity index (χ0n) is 13.8. The summed E-state index contributed by atoms with van der Waals surface area (Å²) in [7, 11) is -3.30. The van der Waals surface area contributed by atoms with Gasteiger partial charge in [0, 0.05) is 38.0 Å². The van der Waals surface area contributed by atoms with Gasteiger partial charge >= 0.3 is 0 Å². The largest absolute Gasteiger partial charge is 0.380 e. The summed E-state index contributed by atoms with van der Waals surface area (Å²) >= 11 is 0. The van der Waals surface area contributed by atoms with Crippen molar-refractivity contribution >= 4 is 15.7 Å². The Morgan fingerprint density at radius 1 is 1.35 bits per heavy atom. The van der Waals surface area contributed by atoms with E-state index in [9.17, 15) is 13.2 Å². The van der Waals surface area contributed by atoms with Crippen LogP contribution in [0.5, 0.6) is 0 Å². The van der Waals surface area contributed by atoms with E-state index in [1.807, 2.05) is 0 Å². The Labute approximate surface area is 138 Å². The summed E-state index contributed by atoms with van der Waals surface area (Å²) in [4.78, 5) is 14.0. The van der Waals surface area contributed by atoms with Crippen molar-refractivity contribution in [3.05, 3.63) is 0 Å². The van der Waals surface area contributed by atoms with E-state index in [-0.39, 0.29) is 17.4 Å². The van der Waals surface area contributed by atoms with Gasteiger partial charge in [-0.25, -0.2) is 8.42 Å². The van der Waals surface area contributed by atoms with Crippen molar-refractivity contribution in [2.45, 2.75) is 38.2 Å². The number of nitrogens with zero attached hydrogens (tertiary/aromatic N) is 1. The molecule has 1 aliphatic carbocycles. The highest BCUT2D eigenvalue weighted by Gasteiger charge is 2.47. The van der Waals surface area contributed by atoms with E-state index < -0.39 is 15.6 Å². The van der Waals surface area contributed by atoms with Gasteiger partial charge in [-0.3, -0.25) is 4.79 Å². The number of ether oxygens (including phenoxy) is 2. The van der Waals surface area contributed by atoms with Crippen LogP contribution in [0.25, 0.3) is 0 Å². The monoisotopic (exact) mass is 345 g/mol. The maximum atomic E-state index is 12.3. The summed E-state index contributed by atoms with van der Waals surface area (Å²) in [5.41, 5.74) is -0.168. The van der Waals surface area contributed by atoms with Crippen molar-refractivity contribution in [3.8, 4) is 0 Å².